The SMILES string of the molecule is CC(=O)[C@@H]1CCC2=C(C1)c1c(ncnc1CC1CCC(N3CCOCC3)CC1)C2.NC(=O)C(=O)C[C@H]1CCc2sc3ncnc(OC4CCC(N5CCOCC5)CC4)c3c21.NC(=O)C[C@H]1CCc2sc3ncnc(OC4CCC(N5CCCCC5)CC4)c3c21.OC[C@@H]1CCc2sc3ncnc(NC4CCC(N5CCOCC5)CC4)c3c2C1.OC[C@H]1CCc2sc3ncnc(NC4CCC(N5CCOCC5)CC4)c3c2C1. The molecule has 11 aliphatic carbocycles. The molecule has 31 nitrogen and oxygen atoms in total. The van der Waals surface area contributed by atoms with Crippen LogP contribution in [0.1, 0.15) is 283 Å². The fraction of sp³-hybridized carbons (Fsp3) is 0.691. The highest BCUT2D eigenvalue weighted by Gasteiger charge is 2.42. The summed E-state index contributed by atoms with van der Waals surface area (Å²) in [5, 5.41) is 31.2. The van der Waals surface area contributed by atoms with Crippen molar-refractivity contribution < 1.29 is 57.8 Å². The maximum Gasteiger partial charge on any atom is 0.284 e. The summed E-state index contributed by atoms with van der Waals surface area (Å²) in [5.41, 5.74) is 22.5. The highest BCUT2D eigenvalue weighted by molar-refractivity contribution is 7.20. The number of amides is 2. The number of fused-ring (bicyclic) bond motifs is 14. The molecule has 0 radical (unpaired) electrons. The molecule has 8 N–H and O–H groups in total. The van der Waals surface area contributed by atoms with Crippen LogP contribution >= 0.6 is 45.3 Å². The van der Waals surface area contributed by atoms with Gasteiger partial charge < -0.3 is 65.6 Å². The lowest BCUT2D eigenvalue weighted by atomic mass is 9.79. The maximum atomic E-state index is 12.0. The molecule has 5 aliphatic heterocycles. The second-order valence-electron chi connectivity index (χ2n) is 44.0. The van der Waals surface area contributed by atoms with Crippen molar-refractivity contribution in [2.45, 2.75) is 330 Å². The number of anilines is 2. The minimum Gasteiger partial charge on any atom is -0.474 e. The molecule has 25 rings (SSSR count). The standard InChI is InChI=1S/C24H33N3O2.C22H28N4O4S.C22H30N4O2S.2C21H30N4O2S/c1-16(28)18-4-5-19-14-23-24(21(19)13-18)22(25-15-26-23)12-17-2-6-20(7-3-17)27-8-10-29-11-9-27;23-20(28)16(27)11-13-1-6-17-18(13)19-21(24-12-25-22(19)31-17)30-15-4-2-14(3-5-15)26-7-9-29-10-8-26;23-18(27)12-14-4-9-17-19(14)20-21(24-13-25-22(20)29-17)28-16-7-5-15(6-8-16)26-10-2-1-3-11-26;2*26-12-14-1-6-18-17(11-14)19-20(22-13-23-21(19)28-18)24-15-2-4-16(5-3-15)25-7-9-27-10-8-25/h15,17-18,20H,2-14H2,1H3;12-15H,1-11H2,(H2,23,28);13-16H,1-12H2,(H2,23,27);2*13-16,26H,1-12H2,(H,22,23,24)/t17?,18-,20?;13-,14?,15?;3*14-,15?,16?/m11110/s1. The van der Waals surface area contributed by atoms with E-state index in [1.54, 1.807) is 61.2 Å². The van der Waals surface area contributed by atoms with Crippen LogP contribution in [0.5, 0.6) is 11.8 Å². The van der Waals surface area contributed by atoms with E-state index in [2.05, 4.69) is 80.0 Å². The van der Waals surface area contributed by atoms with Crippen LogP contribution in [0.4, 0.5) is 11.6 Å². The van der Waals surface area contributed by atoms with Gasteiger partial charge in [-0.25, -0.2) is 49.8 Å². The molecule has 0 spiro atoms. The Morgan fingerprint density at radius 3 is 1.23 bits per heavy atom. The normalized spacial score (nSPS) is 28.5. The smallest absolute Gasteiger partial charge is 0.284 e. The van der Waals surface area contributed by atoms with Gasteiger partial charge in [0.25, 0.3) is 5.91 Å². The lowest BCUT2D eigenvalue weighted by Crippen LogP contribution is -2.46. The zero-order valence-corrected chi connectivity index (χ0v) is 88.2. The molecule has 5 atom stereocenters. The van der Waals surface area contributed by atoms with Crippen molar-refractivity contribution in [1.82, 2.24) is 74.3 Å². The van der Waals surface area contributed by atoms with E-state index in [-0.39, 0.29) is 55.5 Å². The van der Waals surface area contributed by atoms with Gasteiger partial charge in [0.15, 0.2) is 0 Å². The summed E-state index contributed by atoms with van der Waals surface area (Å²) in [5.74, 6) is 3.91. The lowest BCUT2D eigenvalue weighted by molar-refractivity contribution is -0.136. The Labute approximate surface area is 868 Å². The number of thiophene rings is 4. The predicted octanol–water partition coefficient (Wildman–Crippen LogP) is 15.3. The van der Waals surface area contributed by atoms with Gasteiger partial charge in [0.05, 0.1) is 85.8 Å². The number of piperidine rings is 1. The number of Topliss-reactive ketones (excluding diaryl/α,β-unsaturated/α-hetero) is 2. The van der Waals surface area contributed by atoms with E-state index < -0.39 is 11.7 Å². The minimum atomic E-state index is -0.863. The van der Waals surface area contributed by atoms with Crippen molar-refractivity contribution in [3.8, 4) is 11.8 Å². The van der Waals surface area contributed by atoms with Crippen LogP contribution < -0.4 is 31.6 Å². The van der Waals surface area contributed by atoms with Crippen molar-refractivity contribution >= 4 is 127 Å². The number of nitrogens with one attached hydrogen (secondary N) is 2. The number of nitrogens with two attached hydrogens (primary N) is 2. The first-order valence-corrected chi connectivity index (χ1v) is 58.6. The molecule has 9 aromatic rings. The molecule has 9 aromatic heterocycles. The zero-order valence-electron chi connectivity index (χ0n) is 84.9. The van der Waals surface area contributed by atoms with E-state index in [9.17, 15) is 29.4 Å². The molecule has 2 amide bonds. The number of hydrogen-bond donors (Lipinski definition) is 6. The number of primary amides is 2. The van der Waals surface area contributed by atoms with E-state index in [0.29, 0.717) is 66.0 Å². The summed E-state index contributed by atoms with van der Waals surface area (Å²) in [7, 11) is 0. The number of hydrogen-bond acceptors (Lipinski definition) is 33. The second-order valence-corrected chi connectivity index (χ2v) is 48.4. The van der Waals surface area contributed by atoms with E-state index >= 15 is 0 Å². The predicted molar refractivity (Wildman–Crippen MR) is 567 cm³/mol. The quantitative estimate of drug-likeness (QED) is 0.0324. The minimum absolute atomic E-state index is 0.0193. The van der Waals surface area contributed by atoms with Gasteiger partial charge in [0, 0.05) is 158 Å². The van der Waals surface area contributed by atoms with Crippen LogP contribution in [0, 0.1) is 23.7 Å². The highest BCUT2D eigenvalue weighted by Crippen LogP contribution is 2.52. The zero-order chi connectivity index (χ0) is 98.8. The van der Waals surface area contributed by atoms with Gasteiger partial charge >= 0.3 is 0 Å². The lowest BCUT2D eigenvalue weighted by Gasteiger charge is -2.39. The van der Waals surface area contributed by atoms with Crippen LogP contribution in [-0.4, -0.2) is 294 Å². The number of carbonyl (C=O) groups excluding carboxylic acids is 4. The Hall–Kier alpha value is -7.98. The van der Waals surface area contributed by atoms with Crippen molar-refractivity contribution in [1.29, 1.82) is 0 Å². The van der Waals surface area contributed by atoms with Crippen LogP contribution in [0.25, 0.3) is 46.4 Å². The fourth-order valence-corrected chi connectivity index (χ4v) is 32.0. The molecule has 14 heterocycles. The molecule has 5 saturated heterocycles. The number of aliphatic hydroxyl groups is 2. The molecule has 782 valence electrons. The average molecular weight is 2060 g/mol. The van der Waals surface area contributed by atoms with Crippen LogP contribution in [0.2, 0.25) is 0 Å². The number of rotatable bonds is 23. The summed E-state index contributed by atoms with van der Waals surface area (Å²) < 4.78 is 34.9. The van der Waals surface area contributed by atoms with Gasteiger partial charge in [0.1, 0.15) is 80.6 Å². The summed E-state index contributed by atoms with van der Waals surface area (Å²) >= 11 is 7.00. The van der Waals surface area contributed by atoms with E-state index in [1.165, 1.54) is 197 Å². The Morgan fingerprint density at radius 1 is 0.407 bits per heavy atom. The summed E-state index contributed by atoms with van der Waals surface area (Å²) in [6, 6.07) is 4.49. The molecule has 35 heteroatoms. The number of allylic oxidation sites excluding steroid dienone is 2. The number of nitrogens with zero attached hydrogens (tertiary/aromatic N) is 15. The number of aryl methyl sites for hydroxylation is 4. The first-order chi connectivity index (χ1) is 71.1. The first kappa shape index (κ1) is 103. The third-order valence-electron chi connectivity index (χ3n) is 35.3. The van der Waals surface area contributed by atoms with Crippen molar-refractivity contribution in [2.75, 3.05) is 142 Å². The molecular weight excluding hydrogens is 1910 g/mol. The molecule has 5 saturated carbocycles. The number of ether oxygens (including phenoxy) is 6. The van der Waals surface area contributed by atoms with Gasteiger partial charge in [0.2, 0.25) is 23.5 Å². The highest BCUT2D eigenvalue weighted by atomic mass is 32.1. The van der Waals surface area contributed by atoms with Crippen molar-refractivity contribution in [3.05, 3.63) is 95.9 Å². The van der Waals surface area contributed by atoms with Crippen molar-refractivity contribution in [2.24, 2.45) is 35.1 Å². The first-order valence-electron chi connectivity index (χ1n) is 55.4. The Bertz CT molecular complexity index is 5810. The molecule has 145 heavy (non-hydrogen) atoms. The van der Waals surface area contributed by atoms with Gasteiger partial charge in [-0.2, -0.15) is 0 Å². The van der Waals surface area contributed by atoms with Crippen LogP contribution in [-0.2, 0) is 89.5 Å². The average Bonchev–Trinajstić information content (AvgIpc) is 1.61. The number of morpholine rings is 4. The summed E-state index contributed by atoms with van der Waals surface area (Å²) in [4.78, 5) is 115. The topological polar surface area (TPSA) is 385 Å². The molecule has 0 bridgehead atoms. The largest absolute Gasteiger partial charge is 0.474 e. The fourth-order valence-electron chi connectivity index (χ4n) is 27.2. The molecule has 10 fully saturated rings. The summed E-state index contributed by atoms with van der Waals surface area (Å²) in [6.45, 7) is 20.4. The number of ketones is 2. The van der Waals surface area contributed by atoms with Crippen LogP contribution in [0.15, 0.2) is 37.2 Å². The maximum absolute atomic E-state index is 12.0. The monoisotopic (exact) mass is 2060 g/mol. The number of carbonyl (C=O) groups is 4. The molecule has 0 aromatic carbocycles. The summed E-state index contributed by atoms with van der Waals surface area (Å²) in [6.07, 6.45) is 52.1. The number of likely N-dealkylation sites (tertiary alicyclic amines) is 1. The molecule has 16 aliphatic rings. The molecular formula is C110H151N19O12S4. The van der Waals surface area contributed by atoms with Crippen LogP contribution in [0.3, 0.4) is 0 Å². The van der Waals surface area contributed by atoms with Gasteiger partial charge in [-0.3, -0.25) is 38.8 Å². The third kappa shape index (κ3) is 24.3. The van der Waals surface area contributed by atoms with Gasteiger partial charge in [-0.05, 0) is 309 Å². The van der Waals surface area contributed by atoms with E-state index in [1.807, 2.05) is 22.7 Å². The van der Waals surface area contributed by atoms with Crippen molar-refractivity contribution in [3.63, 3.8) is 0 Å². The Balaban J connectivity index is 0.000000107. The second kappa shape index (κ2) is 48.5. The Morgan fingerprint density at radius 2 is 0.800 bits per heavy atom. The van der Waals surface area contributed by atoms with Gasteiger partial charge in [-0.15, -0.1) is 45.3 Å². The van der Waals surface area contributed by atoms with Gasteiger partial charge in [-0.1, -0.05) is 12.0 Å². The Kier molecular flexibility index (Phi) is 34.4. The molecule has 0 unspecified atom stereocenters. The van der Waals surface area contributed by atoms with E-state index in [4.69, 9.17) is 44.9 Å². The number of aromatic nitrogens is 10. The van der Waals surface area contributed by atoms with E-state index in [0.717, 1.165) is 305 Å². The number of aliphatic hydroxyl groups excluding tert-OH is 2. The third-order valence-corrected chi connectivity index (χ3v) is 40.0.